The monoisotopic (exact) mass is 481 g/mol. The third-order valence-electron chi connectivity index (χ3n) is 5.90. The Kier molecular flexibility index (Phi) is 7.25. The van der Waals surface area contributed by atoms with Crippen molar-refractivity contribution in [3.63, 3.8) is 0 Å². The molecule has 0 atom stereocenters. The Balaban J connectivity index is 1.41. The minimum Gasteiger partial charge on any atom is -0.376 e. The minimum absolute atomic E-state index is 0.0712. The molecule has 36 heavy (non-hydrogen) atoms. The molecule has 0 fully saturated rings. The summed E-state index contributed by atoms with van der Waals surface area (Å²) in [6.45, 7) is 6.15. The molecule has 0 saturated heterocycles. The molecule has 0 aliphatic rings. The van der Waals surface area contributed by atoms with Crippen molar-refractivity contribution in [3.05, 3.63) is 111 Å². The van der Waals surface area contributed by atoms with Gasteiger partial charge in [-0.15, -0.1) is 0 Å². The van der Waals surface area contributed by atoms with Crippen molar-refractivity contribution >= 4 is 23.5 Å². The Morgan fingerprint density at radius 3 is 2.17 bits per heavy atom. The number of aromatic nitrogens is 1. The van der Waals surface area contributed by atoms with E-state index in [2.05, 4.69) is 20.4 Å². The van der Waals surface area contributed by atoms with E-state index in [-0.39, 0.29) is 18.1 Å². The summed E-state index contributed by atoms with van der Waals surface area (Å²) < 4.78 is 2.11. The lowest BCUT2D eigenvalue weighted by molar-refractivity contribution is -0.384. The van der Waals surface area contributed by atoms with Gasteiger partial charge in [-0.3, -0.25) is 14.9 Å². The summed E-state index contributed by atoms with van der Waals surface area (Å²) in [6, 6.07) is 24.4. The number of hydrogen-bond donors (Lipinski definition) is 2. The fourth-order valence-electron chi connectivity index (χ4n) is 3.96. The second-order valence-corrected chi connectivity index (χ2v) is 8.53. The van der Waals surface area contributed by atoms with Crippen molar-refractivity contribution in [1.82, 2.24) is 9.99 Å². The lowest BCUT2D eigenvalue weighted by Gasteiger charge is -2.11. The van der Waals surface area contributed by atoms with E-state index in [1.807, 2.05) is 75.4 Å². The van der Waals surface area contributed by atoms with Crippen LogP contribution in [0, 0.1) is 30.9 Å². The molecular weight excluding hydrogens is 454 g/mol. The van der Waals surface area contributed by atoms with Crippen molar-refractivity contribution in [2.75, 3.05) is 11.9 Å². The van der Waals surface area contributed by atoms with E-state index in [0.717, 1.165) is 45.0 Å². The number of hydrogen-bond acceptors (Lipinski definition) is 5. The molecule has 8 nitrogen and oxygen atoms in total. The number of nitrogens with zero attached hydrogens (tertiary/aromatic N) is 3. The molecule has 8 heteroatoms. The van der Waals surface area contributed by atoms with Crippen LogP contribution in [0.3, 0.4) is 0 Å². The molecule has 0 radical (unpaired) electrons. The first-order valence-electron chi connectivity index (χ1n) is 11.5. The number of anilines is 1. The Labute approximate surface area is 209 Å². The maximum absolute atomic E-state index is 12.1. The van der Waals surface area contributed by atoms with Gasteiger partial charge in [0.1, 0.15) is 0 Å². The van der Waals surface area contributed by atoms with Crippen LogP contribution in [-0.4, -0.2) is 28.2 Å². The van der Waals surface area contributed by atoms with Gasteiger partial charge in [0.15, 0.2) is 0 Å². The van der Waals surface area contributed by atoms with Gasteiger partial charge in [-0.05, 0) is 74.4 Å². The highest BCUT2D eigenvalue weighted by atomic mass is 16.6. The molecule has 1 aromatic heterocycles. The summed E-state index contributed by atoms with van der Waals surface area (Å²) >= 11 is 0. The molecule has 0 unspecified atom stereocenters. The zero-order chi connectivity index (χ0) is 25.7. The van der Waals surface area contributed by atoms with Crippen LogP contribution >= 0.6 is 0 Å². The summed E-state index contributed by atoms with van der Waals surface area (Å²) in [6.07, 6.45) is 1.65. The van der Waals surface area contributed by atoms with Gasteiger partial charge < -0.3 is 9.88 Å². The predicted octanol–water partition coefficient (Wildman–Crippen LogP) is 5.54. The molecule has 182 valence electrons. The smallest absolute Gasteiger partial charge is 0.269 e. The van der Waals surface area contributed by atoms with Crippen LogP contribution in [0.1, 0.15) is 22.5 Å². The lowest BCUT2D eigenvalue weighted by Crippen LogP contribution is -2.25. The van der Waals surface area contributed by atoms with Crippen molar-refractivity contribution < 1.29 is 9.72 Å². The topological polar surface area (TPSA) is 102 Å². The number of nitro groups is 1. The number of amides is 1. The number of aryl methyl sites for hydroxylation is 2. The molecule has 4 rings (SSSR count). The molecule has 0 bridgehead atoms. The van der Waals surface area contributed by atoms with Crippen molar-refractivity contribution in [2.24, 2.45) is 5.10 Å². The van der Waals surface area contributed by atoms with E-state index < -0.39 is 4.92 Å². The Morgan fingerprint density at radius 2 is 1.56 bits per heavy atom. The first-order valence-corrected chi connectivity index (χ1v) is 11.5. The van der Waals surface area contributed by atoms with Gasteiger partial charge in [0, 0.05) is 40.5 Å². The molecule has 1 amide bonds. The van der Waals surface area contributed by atoms with E-state index >= 15 is 0 Å². The second-order valence-electron chi connectivity index (χ2n) is 8.53. The average molecular weight is 482 g/mol. The van der Waals surface area contributed by atoms with Crippen LogP contribution in [0.2, 0.25) is 0 Å². The number of benzene rings is 3. The molecule has 4 aromatic rings. The molecule has 3 aromatic carbocycles. The summed E-state index contributed by atoms with van der Waals surface area (Å²) in [7, 11) is 0. The fourth-order valence-corrected chi connectivity index (χ4v) is 3.96. The van der Waals surface area contributed by atoms with Crippen LogP contribution in [0.4, 0.5) is 11.4 Å². The minimum atomic E-state index is -0.404. The number of carbonyl (C=O) groups excluding carboxylic acids is 1. The van der Waals surface area contributed by atoms with Gasteiger partial charge in [-0.2, -0.15) is 5.10 Å². The van der Waals surface area contributed by atoms with E-state index in [0.29, 0.717) is 0 Å². The van der Waals surface area contributed by atoms with Crippen LogP contribution in [-0.2, 0) is 4.79 Å². The number of carbonyl (C=O) groups is 1. The highest BCUT2D eigenvalue weighted by molar-refractivity contribution is 5.85. The standard InChI is InChI=1S/C28H27N5O3/c1-19-4-10-25(11-5-19)29-18-28(34)31-30-17-24-16-20(2)32(21(24)3)26-12-6-22(7-13-26)23-8-14-27(15-9-23)33(35)36/h4-17,29H,18H2,1-3H3,(H,31,34)/b30-17-. The highest BCUT2D eigenvalue weighted by Crippen LogP contribution is 2.25. The highest BCUT2D eigenvalue weighted by Gasteiger charge is 2.11. The van der Waals surface area contributed by atoms with E-state index in [1.165, 1.54) is 12.1 Å². The average Bonchev–Trinajstić information content (AvgIpc) is 3.16. The zero-order valence-corrected chi connectivity index (χ0v) is 20.4. The Morgan fingerprint density at radius 1 is 0.944 bits per heavy atom. The number of rotatable bonds is 8. The molecule has 0 aliphatic carbocycles. The first kappa shape index (κ1) is 24.4. The molecular formula is C28H27N5O3. The van der Waals surface area contributed by atoms with Crippen molar-refractivity contribution in [1.29, 1.82) is 0 Å². The normalized spacial score (nSPS) is 11.0. The van der Waals surface area contributed by atoms with Gasteiger partial charge in [0.25, 0.3) is 11.6 Å². The first-order chi connectivity index (χ1) is 17.3. The molecule has 0 spiro atoms. The lowest BCUT2D eigenvalue weighted by atomic mass is 10.0. The van der Waals surface area contributed by atoms with Gasteiger partial charge >= 0.3 is 0 Å². The number of nitrogens with one attached hydrogen (secondary N) is 2. The van der Waals surface area contributed by atoms with E-state index in [4.69, 9.17) is 0 Å². The summed E-state index contributed by atoms with van der Waals surface area (Å²) in [4.78, 5) is 22.6. The van der Waals surface area contributed by atoms with Crippen LogP contribution in [0.15, 0.2) is 84.0 Å². The molecule has 0 saturated carbocycles. The molecule has 2 N–H and O–H groups in total. The quantitative estimate of drug-likeness (QED) is 0.196. The van der Waals surface area contributed by atoms with Crippen molar-refractivity contribution in [2.45, 2.75) is 20.8 Å². The van der Waals surface area contributed by atoms with Gasteiger partial charge in [-0.1, -0.05) is 29.8 Å². The number of non-ortho nitro benzene ring substituents is 1. The van der Waals surface area contributed by atoms with E-state index in [9.17, 15) is 14.9 Å². The van der Waals surface area contributed by atoms with Crippen LogP contribution < -0.4 is 10.7 Å². The van der Waals surface area contributed by atoms with Gasteiger partial charge in [0.05, 0.1) is 17.7 Å². The molecule has 1 heterocycles. The van der Waals surface area contributed by atoms with Gasteiger partial charge in [0.2, 0.25) is 0 Å². The largest absolute Gasteiger partial charge is 0.376 e. The Hall–Kier alpha value is -4.72. The summed E-state index contributed by atoms with van der Waals surface area (Å²) in [5, 5.41) is 18.1. The number of nitro benzene ring substituents is 1. The second kappa shape index (κ2) is 10.7. The van der Waals surface area contributed by atoms with Gasteiger partial charge in [-0.25, -0.2) is 5.43 Å². The maximum atomic E-state index is 12.1. The predicted molar refractivity (Wildman–Crippen MR) is 143 cm³/mol. The summed E-state index contributed by atoms with van der Waals surface area (Å²) in [5.41, 5.74) is 10.5. The maximum Gasteiger partial charge on any atom is 0.269 e. The number of hydrazone groups is 1. The fraction of sp³-hybridized carbons (Fsp3) is 0.143. The molecule has 0 aliphatic heterocycles. The zero-order valence-electron chi connectivity index (χ0n) is 20.4. The van der Waals surface area contributed by atoms with Crippen LogP contribution in [0.5, 0.6) is 0 Å². The van der Waals surface area contributed by atoms with Crippen molar-refractivity contribution in [3.8, 4) is 16.8 Å². The third kappa shape index (κ3) is 5.67. The Bertz CT molecular complexity index is 1400. The SMILES string of the molecule is Cc1ccc(NCC(=O)N/N=C\c2cc(C)n(-c3ccc(-c4ccc([N+](=O)[O-])cc4)cc3)c2C)cc1. The van der Waals surface area contributed by atoms with E-state index in [1.54, 1.807) is 18.3 Å². The third-order valence-corrected chi connectivity index (χ3v) is 5.90. The van der Waals surface area contributed by atoms with Crippen LogP contribution in [0.25, 0.3) is 16.8 Å². The summed E-state index contributed by atoms with van der Waals surface area (Å²) in [5.74, 6) is -0.234.